The van der Waals surface area contributed by atoms with E-state index in [1.165, 1.54) is 37.0 Å². The van der Waals surface area contributed by atoms with E-state index in [-0.39, 0.29) is 5.91 Å². The number of nitrogens with zero attached hydrogens (tertiary/aromatic N) is 1. The van der Waals surface area contributed by atoms with Gasteiger partial charge in [-0.15, -0.1) is 11.3 Å². The molecule has 134 valence electrons. The average Bonchev–Trinajstić information content (AvgIpc) is 3.08. The van der Waals surface area contributed by atoms with Gasteiger partial charge < -0.3 is 16.0 Å². The van der Waals surface area contributed by atoms with Crippen LogP contribution in [0.4, 0.5) is 0 Å². The number of nitrogens with one attached hydrogen (secondary N) is 3. The lowest BCUT2D eigenvalue weighted by Gasteiger charge is -2.40. The van der Waals surface area contributed by atoms with Gasteiger partial charge in [0.2, 0.25) is 0 Å². The van der Waals surface area contributed by atoms with Crippen LogP contribution in [0.2, 0.25) is 0 Å². The van der Waals surface area contributed by atoms with Crippen LogP contribution in [0.3, 0.4) is 0 Å². The van der Waals surface area contributed by atoms with Gasteiger partial charge in [0.1, 0.15) is 0 Å². The summed E-state index contributed by atoms with van der Waals surface area (Å²) in [5, 5.41) is 11.5. The molecule has 1 aliphatic carbocycles. The van der Waals surface area contributed by atoms with Crippen LogP contribution >= 0.6 is 11.3 Å². The van der Waals surface area contributed by atoms with E-state index in [2.05, 4.69) is 29.8 Å². The van der Waals surface area contributed by atoms with Crippen molar-refractivity contribution in [1.82, 2.24) is 16.0 Å². The number of hydrogen-bond acceptors (Lipinski definition) is 3. The zero-order chi connectivity index (χ0) is 17.3. The summed E-state index contributed by atoms with van der Waals surface area (Å²) < 4.78 is 0. The lowest BCUT2D eigenvalue weighted by Crippen LogP contribution is -2.40. The Kier molecular flexibility index (Phi) is 7.56. The first-order valence-corrected chi connectivity index (χ1v) is 9.91. The van der Waals surface area contributed by atoms with Crippen molar-refractivity contribution in [2.75, 3.05) is 26.2 Å². The molecule has 0 radical (unpaired) electrons. The summed E-state index contributed by atoms with van der Waals surface area (Å²) in [6.07, 6.45) is 6.05. The van der Waals surface area contributed by atoms with E-state index in [0.717, 1.165) is 36.9 Å². The zero-order valence-corrected chi connectivity index (χ0v) is 15.7. The van der Waals surface area contributed by atoms with Gasteiger partial charge in [0.25, 0.3) is 5.91 Å². The molecular weight excluding hydrogens is 320 g/mol. The molecule has 2 rings (SSSR count). The van der Waals surface area contributed by atoms with Crippen molar-refractivity contribution in [2.24, 2.45) is 10.4 Å². The smallest absolute Gasteiger partial charge is 0.261 e. The third-order valence-corrected chi connectivity index (χ3v) is 5.63. The van der Waals surface area contributed by atoms with Crippen LogP contribution in [0.1, 0.15) is 55.6 Å². The monoisotopic (exact) mass is 350 g/mol. The van der Waals surface area contributed by atoms with E-state index in [1.807, 2.05) is 17.5 Å². The summed E-state index contributed by atoms with van der Waals surface area (Å²) in [6.45, 7) is 7.59. The van der Waals surface area contributed by atoms with Gasteiger partial charge in [0, 0.05) is 26.2 Å². The first-order chi connectivity index (χ1) is 11.7. The third-order valence-electron chi connectivity index (χ3n) is 4.76. The Morgan fingerprint density at radius 3 is 2.62 bits per heavy atom. The van der Waals surface area contributed by atoms with Crippen LogP contribution in [-0.2, 0) is 0 Å². The Labute approximate surface area is 149 Å². The number of amides is 1. The predicted molar refractivity (Wildman–Crippen MR) is 102 cm³/mol. The minimum Gasteiger partial charge on any atom is -0.357 e. The molecule has 0 bridgehead atoms. The molecule has 1 saturated carbocycles. The summed E-state index contributed by atoms with van der Waals surface area (Å²) in [5.74, 6) is 0.905. The third kappa shape index (κ3) is 5.51. The van der Waals surface area contributed by atoms with E-state index < -0.39 is 0 Å². The number of guanidine groups is 1. The number of carbonyl (C=O) groups excluding carboxylic acids is 1. The Balaban J connectivity index is 1.66. The fourth-order valence-electron chi connectivity index (χ4n) is 2.88. The second-order valence-electron chi connectivity index (χ2n) is 6.42. The van der Waals surface area contributed by atoms with Gasteiger partial charge in [-0.3, -0.25) is 9.79 Å². The summed E-state index contributed by atoms with van der Waals surface area (Å²) in [6, 6.07) is 3.74. The molecule has 0 unspecified atom stereocenters. The van der Waals surface area contributed by atoms with Gasteiger partial charge in [-0.05, 0) is 49.5 Å². The van der Waals surface area contributed by atoms with Gasteiger partial charge in [-0.2, -0.15) is 0 Å². The molecule has 0 saturated heterocycles. The minimum absolute atomic E-state index is 0.0143. The maximum atomic E-state index is 11.8. The zero-order valence-electron chi connectivity index (χ0n) is 14.9. The number of rotatable bonds is 9. The van der Waals surface area contributed by atoms with Crippen LogP contribution < -0.4 is 16.0 Å². The summed E-state index contributed by atoms with van der Waals surface area (Å²) >= 11 is 1.47. The molecule has 5 nitrogen and oxygen atoms in total. The van der Waals surface area contributed by atoms with Gasteiger partial charge >= 0.3 is 0 Å². The fraction of sp³-hybridized carbons (Fsp3) is 0.667. The largest absolute Gasteiger partial charge is 0.357 e. The lowest BCUT2D eigenvalue weighted by atomic mass is 9.67. The number of hydrogen-bond donors (Lipinski definition) is 3. The van der Waals surface area contributed by atoms with Crippen molar-refractivity contribution >= 4 is 23.2 Å². The molecule has 0 spiro atoms. The van der Waals surface area contributed by atoms with Gasteiger partial charge in [-0.25, -0.2) is 0 Å². The average molecular weight is 351 g/mol. The van der Waals surface area contributed by atoms with E-state index >= 15 is 0 Å². The SMILES string of the molecule is CCNC(=NCC1(CC)CCC1)NCCCNC(=O)c1cccs1. The van der Waals surface area contributed by atoms with Crippen LogP contribution in [-0.4, -0.2) is 38.0 Å². The predicted octanol–water partition coefficient (Wildman–Crippen LogP) is 3.00. The highest BCUT2D eigenvalue weighted by Crippen LogP contribution is 2.43. The Bertz CT molecular complexity index is 518. The molecule has 1 heterocycles. The molecule has 1 aliphatic rings. The molecule has 6 heteroatoms. The maximum Gasteiger partial charge on any atom is 0.261 e. The van der Waals surface area contributed by atoms with Crippen LogP contribution in [0.25, 0.3) is 0 Å². The van der Waals surface area contributed by atoms with Crippen LogP contribution in [0.5, 0.6) is 0 Å². The second kappa shape index (κ2) is 9.67. The molecule has 3 N–H and O–H groups in total. The highest BCUT2D eigenvalue weighted by Gasteiger charge is 2.34. The Hall–Kier alpha value is -1.56. The first kappa shape index (κ1) is 18.8. The molecule has 0 aliphatic heterocycles. The molecule has 1 amide bonds. The Morgan fingerprint density at radius 1 is 1.25 bits per heavy atom. The standard InChI is InChI=1S/C18H30N4OS/c1-3-18(9-6-10-18)14-22-17(19-4-2)21-12-7-11-20-16(23)15-8-5-13-24-15/h5,8,13H,3-4,6-7,9-12,14H2,1-2H3,(H,20,23)(H2,19,21,22). The molecule has 24 heavy (non-hydrogen) atoms. The number of aliphatic imine (C=N–C) groups is 1. The minimum atomic E-state index is 0.0143. The fourth-order valence-corrected chi connectivity index (χ4v) is 3.52. The van der Waals surface area contributed by atoms with E-state index in [4.69, 9.17) is 4.99 Å². The topological polar surface area (TPSA) is 65.5 Å². The summed E-state index contributed by atoms with van der Waals surface area (Å²) in [4.78, 5) is 17.4. The normalized spacial score (nSPS) is 16.3. The number of thiophene rings is 1. The molecule has 0 aromatic carbocycles. The van der Waals surface area contributed by atoms with Crippen molar-refractivity contribution < 1.29 is 4.79 Å². The van der Waals surface area contributed by atoms with Crippen molar-refractivity contribution in [3.8, 4) is 0 Å². The van der Waals surface area contributed by atoms with E-state index in [1.54, 1.807) is 0 Å². The molecular formula is C18H30N4OS. The first-order valence-electron chi connectivity index (χ1n) is 9.03. The maximum absolute atomic E-state index is 11.8. The van der Waals surface area contributed by atoms with Crippen molar-refractivity contribution in [3.63, 3.8) is 0 Å². The lowest BCUT2D eigenvalue weighted by molar-refractivity contribution is 0.0957. The summed E-state index contributed by atoms with van der Waals surface area (Å²) in [5.41, 5.74) is 0.442. The van der Waals surface area contributed by atoms with Crippen molar-refractivity contribution in [3.05, 3.63) is 22.4 Å². The summed E-state index contributed by atoms with van der Waals surface area (Å²) in [7, 11) is 0. The van der Waals surface area contributed by atoms with Gasteiger partial charge in [0.15, 0.2) is 5.96 Å². The highest BCUT2D eigenvalue weighted by atomic mass is 32.1. The Morgan fingerprint density at radius 2 is 2.04 bits per heavy atom. The number of carbonyl (C=O) groups is 1. The van der Waals surface area contributed by atoms with Crippen LogP contribution in [0.15, 0.2) is 22.5 Å². The molecule has 1 aromatic heterocycles. The molecule has 1 aromatic rings. The van der Waals surface area contributed by atoms with E-state index in [0.29, 0.717) is 12.0 Å². The molecule has 1 fully saturated rings. The van der Waals surface area contributed by atoms with Gasteiger partial charge in [-0.1, -0.05) is 19.4 Å². The van der Waals surface area contributed by atoms with Crippen molar-refractivity contribution in [2.45, 2.75) is 46.0 Å². The highest BCUT2D eigenvalue weighted by molar-refractivity contribution is 7.12. The van der Waals surface area contributed by atoms with Gasteiger partial charge in [0.05, 0.1) is 4.88 Å². The quantitative estimate of drug-likeness (QED) is 0.364. The molecule has 0 atom stereocenters. The van der Waals surface area contributed by atoms with Crippen molar-refractivity contribution in [1.29, 1.82) is 0 Å². The van der Waals surface area contributed by atoms with E-state index in [9.17, 15) is 4.79 Å². The van der Waals surface area contributed by atoms with Crippen LogP contribution in [0, 0.1) is 5.41 Å². The second-order valence-corrected chi connectivity index (χ2v) is 7.36.